The minimum Gasteiger partial charge on any atom is -0.378 e. The Kier molecular flexibility index (Phi) is 6.80. The molecule has 25 heavy (non-hydrogen) atoms. The van der Waals surface area contributed by atoms with Crippen LogP contribution in [-0.2, 0) is 19.5 Å². The highest BCUT2D eigenvalue weighted by Crippen LogP contribution is 2.38. The maximum absolute atomic E-state index is 12.6. The van der Waals surface area contributed by atoms with Crippen LogP contribution in [0.15, 0.2) is 0 Å². The average Bonchev–Trinajstić information content (AvgIpc) is 3.06. The highest BCUT2D eigenvalue weighted by Gasteiger charge is 2.39. The zero-order valence-electron chi connectivity index (χ0n) is 15.7. The molecule has 2 aliphatic carbocycles. The fraction of sp³-hybridized carbons (Fsp3) is 1.00. The zero-order chi connectivity index (χ0) is 17.8. The third-order valence-electron chi connectivity index (χ3n) is 6.03. The molecule has 0 aromatic rings. The molecule has 2 unspecified atom stereocenters. The summed E-state index contributed by atoms with van der Waals surface area (Å²) in [5, 5.41) is 0. The first-order valence-corrected chi connectivity index (χ1v) is 11.9. The second kappa shape index (κ2) is 8.68. The lowest BCUT2D eigenvalue weighted by atomic mass is 9.78. The summed E-state index contributed by atoms with van der Waals surface area (Å²) in [4.78, 5) is 0. The van der Waals surface area contributed by atoms with Crippen molar-refractivity contribution in [2.75, 3.05) is 19.0 Å². The minimum atomic E-state index is -3.27. The number of hydrogen-bond acceptors (Lipinski definition) is 4. The van der Waals surface area contributed by atoms with E-state index >= 15 is 0 Å². The normalized spacial score (nSPS) is 29.1. The van der Waals surface area contributed by atoms with Crippen molar-refractivity contribution in [1.29, 1.82) is 0 Å². The van der Waals surface area contributed by atoms with Gasteiger partial charge in [-0.1, -0.05) is 39.0 Å². The van der Waals surface area contributed by atoms with E-state index in [4.69, 9.17) is 9.47 Å². The lowest BCUT2D eigenvalue weighted by molar-refractivity contribution is -0.106. The summed E-state index contributed by atoms with van der Waals surface area (Å²) in [6.45, 7) is 3.19. The summed E-state index contributed by atoms with van der Waals surface area (Å²) in [7, 11) is -3.27. The second-order valence-corrected chi connectivity index (χ2v) is 10.3. The molecule has 6 heteroatoms. The van der Waals surface area contributed by atoms with Gasteiger partial charge in [-0.15, -0.1) is 0 Å². The van der Waals surface area contributed by atoms with Crippen LogP contribution in [-0.4, -0.2) is 45.1 Å². The number of sulfonamides is 1. The Labute approximate surface area is 153 Å². The first kappa shape index (κ1) is 19.6. The molecule has 0 bridgehead atoms. The van der Waals surface area contributed by atoms with Gasteiger partial charge in [0, 0.05) is 12.6 Å². The van der Waals surface area contributed by atoms with E-state index in [0.29, 0.717) is 19.3 Å². The van der Waals surface area contributed by atoms with Crippen LogP contribution < -0.4 is 4.72 Å². The van der Waals surface area contributed by atoms with Crippen molar-refractivity contribution in [3.05, 3.63) is 0 Å². The molecule has 1 saturated heterocycles. The maximum atomic E-state index is 12.6. The summed E-state index contributed by atoms with van der Waals surface area (Å²) in [6, 6.07) is 0.0276. The highest BCUT2D eigenvalue weighted by atomic mass is 32.2. The zero-order valence-corrected chi connectivity index (χ0v) is 16.5. The van der Waals surface area contributed by atoms with Crippen molar-refractivity contribution in [3.8, 4) is 0 Å². The predicted octanol–water partition coefficient (Wildman–Crippen LogP) is 3.38. The van der Waals surface area contributed by atoms with Crippen LogP contribution in [0.3, 0.4) is 0 Å². The maximum Gasteiger partial charge on any atom is 0.212 e. The second-order valence-electron chi connectivity index (χ2n) is 8.53. The molecular formula is C19H35NO4S. The molecule has 0 radical (unpaired) electrons. The van der Waals surface area contributed by atoms with Gasteiger partial charge in [0.25, 0.3) is 0 Å². The quantitative estimate of drug-likeness (QED) is 0.743. The first-order chi connectivity index (χ1) is 12.0. The third-order valence-corrected chi connectivity index (χ3v) is 7.73. The molecule has 1 spiro atoms. The third kappa shape index (κ3) is 5.91. The van der Waals surface area contributed by atoms with Crippen LogP contribution in [0.4, 0.5) is 0 Å². The largest absolute Gasteiger partial charge is 0.378 e. The molecule has 2 saturated carbocycles. The molecule has 5 nitrogen and oxygen atoms in total. The molecule has 1 N–H and O–H groups in total. The Morgan fingerprint density at radius 3 is 2.56 bits per heavy atom. The Morgan fingerprint density at radius 2 is 1.84 bits per heavy atom. The van der Waals surface area contributed by atoms with Crippen LogP contribution >= 0.6 is 0 Å². The van der Waals surface area contributed by atoms with Crippen molar-refractivity contribution in [1.82, 2.24) is 4.72 Å². The lowest BCUT2D eigenvalue weighted by Gasteiger charge is -2.43. The van der Waals surface area contributed by atoms with Crippen LogP contribution in [0.5, 0.6) is 0 Å². The van der Waals surface area contributed by atoms with Crippen molar-refractivity contribution in [2.24, 2.45) is 5.92 Å². The van der Waals surface area contributed by atoms with Crippen LogP contribution in [0, 0.1) is 5.92 Å². The standard InChI is InChI=1S/C19H35NO4S/c1-16(14-23-18-7-3-4-8-18)15-25(21,22)20-17-9-12-24-19(13-17)10-5-2-6-11-19/h16-18,20H,2-15H2,1H3. The van der Waals surface area contributed by atoms with E-state index in [-0.39, 0.29) is 23.3 Å². The fourth-order valence-electron chi connectivity index (χ4n) is 4.75. The number of nitrogens with one attached hydrogen (secondary N) is 1. The first-order valence-electron chi connectivity index (χ1n) is 10.2. The van der Waals surface area contributed by atoms with Gasteiger partial charge in [-0.05, 0) is 44.4 Å². The number of ether oxygens (including phenoxy) is 2. The lowest BCUT2D eigenvalue weighted by Crippen LogP contribution is -2.50. The molecule has 0 amide bonds. The van der Waals surface area contributed by atoms with Gasteiger partial charge in [0.2, 0.25) is 10.0 Å². The monoisotopic (exact) mass is 373 g/mol. The van der Waals surface area contributed by atoms with Crippen molar-refractivity contribution >= 4 is 10.0 Å². The van der Waals surface area contributed by atoms with Crippen molar-refractivity contribution in [2.45, 2.75) is 95.3 Å². The molecule has 3 fully saturated rings. The van der Waals surface area contributed by atoms with Gasteiger partial charge < -0.3 is 9.47 Å². The van der Waals surface area contributed by atoms with E-state index in [2.05, 4.69) is 4.72 Å². The van der Waals surface area contributed by atoms with Gasteiger partial charge in [-0.2, -0.15) is 0 Å². The van der Waals surface area contributed by atoms with E-state index in [1.54, 1.807) is 0 Å². The molecule has 146 valence electrons. The summed E-state index contributed by atoms with van der Waals surface area (Å²) in [5.41, 5.74) is -0.0686. The van der Waals surface area contributed by atoms with Crippen LogP contribution in [0.2, 0.25) is 0 Å². The summed E-state index contributed by atoms with van der Waals surface area (Å²) in [5.74, 6) is 0.186. The summed E-state index contributed by atoms with van der Waals surface area (Å²) >= 11 is 0. The van der Waals surface area contributed by atoms with E-state index in [1.165, 1.54) is 32.1 Å². The fourth-order valence-corrected chi connectivity index (χ4v) is 6.40. The molecule has 2 atom stereocenters. The van der Waals surface area contributed by atoms with Crippen molar-refractivity contribution < 1.29 is 17.9 Å². The predicted molar refractivity (Wildman–Crippen MR) is 99.1 cm³/mol. The Hall–Kier alpha value is -0.170. The minimum absolute atomic E-state index is 0.0276. The smallest absolute Gasteiger partial charge is 0.212 e. The molecule has 1 heterocycles. The van der Waals surface area contributed by atoms with Gasteiger partial charge >= 0.3 is 0 Å². The molecule has 3 rings (SSSR count). The molecule has 1 aliphatic heterocycles. The number of rotatable bonds is 7. The van der Waals surface area contributed by atoms with E-state index in [1.807, 2.05) is 6.92 Å². The molecule has 0 aromatic heterocycles. The summed E-state index contributed by atoms with van der Waals surface area (Å²) in [6.07, 6.45) is 12.5. The van der Waals surface area contributed by atoms with E-state index in [9.17, 15) is 8.42 Å². The SMILES string of the molecule is CC(COC1CCCC1)CS(=O)(=O)NC1CCOC2(CCCCC2)C1. The van der Waals surface area contributed by atoms with Gasteiger partial charge in [-0.25, -0.2) is 13.1 Å². The van der Waals surface area contributed by atoms with E-state index in [0.717, 1.165) is 38.5 Å². The van der Waals surface area contributed by atoms with Gasteiger partial charge in [0.05, 0.1) is 24.1 Å². The van der Waals surface area contributed by atoms with Crippen molar-refractivity contribution in [3.63, 3.8) is 0 Å². The van der Waals surface area contributed by atoms with Crippen LogP contribution in [0.1, 0.15) is 77.6 Å². The van der Waals surface area contributed by atoms with Gasteiger partial charge in [0.15, 0.2) is 0 Å². The molecule has 3 aliphatic rings. The molecule has 0 aromatic carbocycles. The van der Waals surface area contributed by atoms with Crippen LogP contribution in [0.25, 0.3) is 0 Å². The van der Waals surface area contributed by atoms with Gasteiger partial charge in [0.1, 0.15) is 0 Å². The number of hydrogen-bond donors (Lipinski definition) is 1. The molecular weight excluding hydrogens is 338 g/mol. The highest BCUT2D eigenvalue weighted by molar-refractivity contribution is 7.89. The Balaban J connectivity index is 1.45. The average molecular weight is 374 g/mol. The van der Waals surface area contributed by atoms with E-state index < -0.39 is 10.0 Å². The Morgan fingerprint density at radius 1 is 1.12 bits per heavy atom. The summed E-state index contributed by atoms with van der Waals surface area (Å²) < 4.78 is 40.1. The van der Waals surface area contributed by atoms with Gasteiger partial charge in [-0.3, -0.25) is 0 Å². The Bertz CT molecular complexity index is 504. The topological polar surface area (TPSA) is 64.6 Å².